The molecule has 1 amide bonds. The predicted octanol–water partition coefficient (Wildman–Crippen LogP) is 1.46. The molecule has 8 nitrogen and oxygen atoms in total. The van der Waals surface area contributed by atoms with Crippen molar-refractivity contribution in [1.82, 2.24) is 34.4 Å². The zero-order valence-electron chi connectivity index (χ0n) is 15.1. The molecule has 0 spiro atoms. The van der Waals surface area contributed by atoms with Crippen molar-refractivity contribution >= 4 is 23.0 Å². The number of aromatic nitrogens is 5. The van der Waals surface area contributed by atoms with E-state index in [-0.39, 0.29) is 11.7 Å². The summed E-state index contributed by atoms with van der Waals surface area (Å²) in [4.78, 5) is 30.1. The number of carbonyl (C=O) groups is 1. The van der Waals surface area contributed by atoms with Gasteiger partial charge in [0, 0.05) is 49.5 Å². The molecule has 1 aliphatic rings. The van der Waals surface area contributed by atoms with Crippen LogP contribution in [0.3, 0.4) is 0 Å². The van der Waals surface area contributed by atoms with Gasteiger partial charge in [0.25, 0.3) is 11.7 Å². The highest BCUT2D eigenvalue weighted by molar-refractivity contribution is 7.09. The summed E-state index contributed by atoms with van der Waals surface area (Å²) in [5, 5.41) is 7.54. The van der Waals surface area contributed by atoms with Crippen LogP contribution in [0.25, 0.3) is 5.78 Å². The average molecular weight is 371 g/mol. The normalized spacial score (nSPS) is 15.7. The predicted molar refractivity (Wildman–Crippen MR) is 98.3 cm³/mol. The number of fused-ring (bicyclic) bond motifs is 1. The summed E-state index contributed by atoms with van der Waals surface area (Å²) in [6.07, 6.45) is 0. The minimum Gasteiger partial charge on any atom is -0.333 e. The Morgan fingerprint density at radius 1 is 1.12 bits per heavy atom. The van der Waals surface area contributed by atoms with Crippen LogP contribution in [-0.2, 0) is 6.54 Å². The third kappa shape index (κ3) is 3.32. The molecule has 0 atom stereocenters. The fourth-order valence-corrected chi connectivity index (χ4v) is 3.82. The minimum atomic E-state index is -0.128. The lowest BCUT2D eigenvalue weighted by molar-refractivity contribution is 0.0615. The van der Waals surface area contributed by atoms with E-state index < -0.39 is 0 Å². The molecule has 136 valence electrons. The van der Waals surface area contributed by atoms with Gasteiger partial charge < -0.3 is 4.90 Å². The maximum Gasteiger partial charge on any atom is 0.293 e. The second kappa shape index (κ2) is 6.73. The molecule has 0 saturated carbocycles. The van der Waals surface area contributed by atoms with E-state index >= 15 is 0 Å². The molecular formula is C17H21N7OS. The number of hydrogen-bond acceptors (Lipinski definition) is 7. The Morgan fingerprint density at radius 2 is 1.88 bits per heavy atom. The molecule has 3 aromatic heterocycles. The molecule has 0 radical (unpaired) electrons. The largest absolute Gasteiger partial charge is 0.333 e. The van der Waals surface area contributed by atoms with Crippen LogP contribution < -0.4 is 0 Å². The number of aryl methyl sites for hydroxylation is 3. The molecule has 9 heteroatoms. The number of nitrogens with zero attached hydrogens (tertiary/aromatic N) is 7. The van der Waals surface area contributed by atoms with Crippen LogP contribution in [0.4, 0.5) is 0 Å². The van der Waals surface area contributed by atoms with Gasteiger partial charge in [-0.25, -0.2) is 14.5 Å². The fraction of sp³-hybridized carbons (Fsp3) is 0.471. The molecule has 4 rings (SSSR count). The Hall–Kier alpha value is -2.39. The smallest absolute Gasteiger partial charge is 0.293 e. The summed E-state index contributed by atoms with van der Waals surface area (Å²) in [6.45, 7) is 9.69. The van der Waals surface area contributed by atoms with E-state index in [1.54, 1.807) is 15.9 Å². The molecule has 0 bridgehead atoms. The van der Waals surface area contributed by atoms with Crippen molar-refractivity contribution in [2.24, 2.45) is 0 Å². The molecule has 1 saturated heterocycles. The standard InChI is InChI=1S/C17H21N7OS/c1-11-8-12(2)24-17(18-11)20-15(21-24)16(25)23-6-4-22(5-7-23)9-14-10-26-13(3)19-14/h8,10H,4-7,9H2,1-3H3. The first-order valence-electron chi connectivity index (χ1n) is 8.63. The molecule has 1 aliphatic heterocycles. The molecule has 0 aliphatic carbocycles. The van der Waals surface area contributed by atoms with Crippen LogP contribution >= 0.6 is 11.3 Å². The highest BCUT2D eigenvalue weighted by atomic mass is 32.1. The topological polar surface area (TPSA) is 79.5 Å². The summed E-state index contributed by atoms with van der Waals surface area (Å²) in [6, 6.07) is 1.93. The van der Waals surface area contributed by atoms with E-state index in [1.165, 1.54) is 0 Å². The van der Waals surface area contributed by atoms with Gasteiger partial charge in [-0.3, -0.25) is 9.69 Å². The second-order valence-corrected chi connectivity index (χ2v) is 7.67. The van der Waals surface area contributed by atoms with Gasteiger partial charge in [0.2, 0.25) is 5.82 Å². The quantitative estimate of drug-likeness (QED) is 0.694. The molecule has 0 aromatic carbocycles. The first-order valence-corrected chi connectivity index (χ1v) is 9.51. The molecule has 1 fully saturated rings. The first kappa shape index (κ1) is 17.0. The second-order valence-electron chi connectivity index (χ2n) is 6.61. The van der Waals surface area contributed by atoms with Crippen LogP contribution in [0.5, 0.6) is 0 Å². The number of hydrogen-bond donors (Lipinski definition) is 0. The van der Waals surface area contributed by atoms with E-state index in [0.717, 1.165) is 41.7 Å². The Morgan fingerprint density at radius 3 is 2.58 bits per heavy atom. The lowest BCUT2D eigenvalue weighted by Crippen LogP contribution is -2.48. The fourth-order valence-electron chi connectivity index (χ4n) is 3.22. The summed E-state index contributed by atoms with van der Waals surface area (Å²) in [5.41, 5.74) is 2.89. The van der Waals surface area contributed by atoms with Gasteiger partial charge in [-0.1, -0.05) is 0 Å². The van der Waals surface area contributed by atoms with E-state index in [9.17, 15) is 4.79 Å². The first-order chi connectivity index (χ1) is 12.5. The van der Waals surface area contributed by atoms with Crippen LogP contribution in [0, 0.1) is 20.8 Å². The molecular weight excluding hydrogens is 350 g/mol. The van der Waals surface area contributed by atoms with Gasteiger partial charge in [-0.05, 0) is 26.8 Å². The van der Waals surface area contributed by atoms with Crippen molar-refractivity contribution in [3.8, 4) is 0 Å². The van der Waals surface area contributed by atoms with Crippen LogP contribution in [-0.4, -0.2) is 66.5 Å². The molecule has 0 N–H and O–H groups in total. The highest BCUT2D eigenvalue weighted by Gasteiger charge is 2.25. The van der Waals surface area contributed by atoms with E-state index in [4.69, 9.17) is 0 Å². The number of carbonyl (C=O) groups excluding carboxylic acids is 1. The molecule has 26 heavy (non-hydrogen) atoms. The molecule has 4 heterocycles. The van der Waals surface area contributed by atoms with Crippen molar-refractivity contribution < 1.29 is 4.79 Å². The van der Waals surface area contributed by atoms with E-state index in [1.807, 2.05) is 31.7 Å². The van der Waals surface area contributed by atoms with Gasteiger partial charge >= 0.3 is 0 Å². The van der Waals surface area contributed by atoms with Crippen molar-refractivity contribution in [3.05, 3.63) is 39.4 Å². The number of piperazine rings is 1. The number of rotatable bonds is 3. The van der Waals surface area contributed by atoms with Crippen molar-refractivity contribution in [2.75, 3.05) is 26.2 Å². The van der Waals surface area contributed by atoms with Gasteiger partial charge in [0.05, 0.1) is 10.7 Å². The lowest BCUT2D eigenvalue weighted by atomic mass is 10.3. The van der Waals surface area contributed by atoms with Crippen LogP contribution in [0.1, 0.15) is 32.7 Å². The lowest BCUT2D eigenvalue weighted by Gasteiger charge is -2.33. The number of amides is 1. The SMILES string of the molecule is Cc1cc(C)n2nc(C(=O)N3CCN(Cc4csc(C)n4)CC3)nc2n1. The maximum atomic E-state index is 12.8. The van der Waals surface area contributed by atoms with E-state index in [0.29, 0.717) is 18.9 Å². The zero-order chi connectivity index (χ0) is 18.3. The zero-order valence-corrected chi connectivity index (χ0v) is 16.0. The average Bonchev–Trinajstić information content (AvgIpc) is 3.21. The van der Waals surface area contributed by atoms with Gasteiger partial charge in [0.1, 0.15) is 0 Å². The molecule has 0 unspecified atom stereocenters. The summed E-state index contributed by atoms with van der Waals surface area (Å²) < 4.78 is 1.63. The van der Waals surface area contributed by atoms with E-state index in [2.05, 4.69) is 30.3 Å². The van der Waals surface area contributed by atoms with Crippen molar-refractivity contribution in [1.29, 1.82) is 0 Å². The summed E-state index contributed by atoms with van der Waals surface area (Å²) in [7, 11) is 0. The van der Waals surface area contributed by atoms with Gasteiger partial charge in [-0.15, -0.1) is 16.4 Å². The van der Waals surface area contributed by atoms with Crippen molar-refractivity contribution in [3.63, 3.8) is 0 Å². The Balaban J connectivity index is 1.42. The Kier molecular flexibility index (Phi) is 4.41. The van der Waals surface area contributed by atoms with Gasteiger partial charge in [0.15, 0.2) is 0 Å². The number of thiazole rings is 1. The van der Waals surface area contributed by atoms with Gasteiger partial charge in [-0.2, -0.15) is 4.98 Å². The summed E-state index contributed by atoms with van der Waals surface area (Å²) >= 11 is 1.67. The summed E-state index contributed by atoms with van der Waals surface area (Å²) in [5.74, 6) is 0.565. The molecule has 3 aromatic rings. The van der Waals surface area contributed by atoms with Crippen molar-refractivity contribution in [2.45, 2.75) is 27.3 Å². The Labute approximate surface area is 155 Å². The Bertz CT molecular complexity index is 955. The minimum absolute atomic E-state index is 0.128. The monoisotopic (exact) mass is 371 g/mol. The maximum absolute atomic E-state index is 12.8. The van der Waals surface area contributed by atoms with Crippen LogP contribution in [0.15, 0.2) is 11.4 Å². The third-order valence-electron chi connectivity index (χ3n) is 4.52. The third-order valence-corrected chi connectivity index (χ3v) is 5.34. The highest BCUT2D eigenvalue weighted by Crippen LogP contribution is 2.13. The van der Waals surface area contributed by atoms with Crippen LogP contribution in [0.2, 0.25) is 0 Å².